The first-order valence-corrected chi connectivity index (χ1v) is 5.85. The average Bonchev–Trinajstić information content (AvgIpc) is 2.32. The van der Waals surface area contributed by atoms with Crippen LogP contribution < -0.4 is 17.0 Å². The van der Waals surface area contributed by atoms with E-state index in [0.29, 0.717) is 10.6 Å². The maximum Gasteiger partial charge on any atom is 0.335 e. The number of nitrogens with two attached hydrogens (primary N) is 1. The highest BCUT2D eigenvalue weighted by Crippen LogP contribution is 2.22. The average molecular weight is 296 g/mol. The summed E-state index contributed by atoms with van der Waals surface area (Å²) in [6.45, 7) is 1.67. The molecule has 0 aliphatic rings. The van der Waals surface area contributed by atoms with E-state index in [4.69, 9.17) is 17.3 Å². The Labute approximate surface area is 117 Å². The monoisotopic (exact) mass is 295 g/mol. The van der Waals surface area contributed by atoms with Crippen molar-refractivity contribution in [1.82, 2.24) is 9.55 Å². The van der Waals surface area contributed by atoms with Crippen LogP contribution in [0.25, 0.3) is 5.69 Å². The van der Waals surface area contributed by atoms with Gasteiger partial charge in [-0.2, -0.15) is 0 Å². The summed E-state index contributed by atoms with van der Waals surface area (Å²) in [6, 6.07) is 4.64. The normalized spacial score (nSPS) is 10.5. The summed E-state index contributed by atoms with van der Waals surface area (Å²) in [7, 11) is 0. The molecule has 7 nitrogen and oxygen atoms in total. The number of primary amides is 1. The number of aryl methyl sites for hydroxylation is 1. The van der Waals surface area contributed by atoms with Gasteiger partial charge >= 0.3 is 5.69 Å². The number of H-pyrrole nitrogens is 1. The molecular weight excluding hydrogens is 286 g/mol. The largest absolute Gasteiger partial charge is 0.493 e. The molecule has 1 aromatic heterocycles. The van der Waals surface area contributed by atoms with Crippen molar-refractivity contribution in [1.29, 1.82) is 0 Å². The lowest BCUT2D eigenvalue weighted by Gasteiger charge is -2.12. The lowest BCUT2D eigenvalue weighted by atomic mass is 10.2. The van der Waals surface area contributed by atoms with Crippen molar-refractivity contribution >= 4 is 17.5 Å². The number of carbonyl (C=O) groups is 1. The summed E-state index contributed by atoms with van der Waals surface area (Å²) in [4.78, 5) is 36.4. The first-order chi connectivity index (χ1) is 9.32. The predicted molar refractivity (Wildman–Crippen MR) is 72.6 cm³/mol. The van der Waals surface area contributed by atoms with Crippen molar-refractivity contribution in [2.75, 3.05) is 0 Å². The Morgan fingerprint density at radius 1 is 1.40 bits per heavy atom. The van der Waals surface area contributed by atoms with Gasteiger partial charge in [-0.05, 0) is 24.6 Å². The highest BCUT2D eigenvalue weighted by atomic mass is 35.5. The zero-order valence-electron chi connectivity index (χ0n) is 10.3. The van der Waals surface area contributed by atoms with Crippen molar-refractivity contribution in [2.24, 2.45) is 5.73 Å². The fraction of sp³-hybridized carbons (Fsp3) is 0.0833. The number of aromatic nitrogens is 2. The summed E-state index contributed by atoms with van der Waals surface area (Å²) in [5, 5.41) is 10.3. The molecule has 0 aliphatic heterocycles. The van der Waals surface area contributed by atoms with Gasteiger partial charge in [0.1, 0.15) is 0 Å². The Morgan fingerprint density at radius 3 is 2.65 bits per heavy atom. The quantitative estimate of drug-likeness (QED) is 0.738. The molecule has 1 heterocycles. The molecule has 0 fully saturated rings. The molecule has 4 N–H and O–H groups in total. The van der Waals surface area contributed by atoms with E-state index in [9.17, 15) is 19.5 Å². The second-order valence-electron chi connectivity index (χ2n) is 4.09. The maximum absolute atomic E-state index is 11.9. The smallest absolute Gasteiger partial charge is 0.335 e. The SMILES string of the molecule is Cc1ccc(Cl)cc1-n1c(O)c(C(N)=O)c(=O)[nH]c1=O. The molecule has 0 unspecified atom stereocenters. The van der Waals surface area contributed by atoms with Gasteiger partial charge in [-0.25, -0.2) is 9.36 Å². The number of benzene rings is 1. The minimum absolute atomic E-state index is 0.235. The van der Waals surface area contributed by atoms with Gasteiger partial charge in [0.15, 0.2) is 5.56 Å². The summed E-state index contributed by atoms with van der Waals surface area (Å²) >= 11 is 5.84. The molecule has 8 heteroatoms. The summed E-state index contributed by atoms with van der Waals surface area (Å²) < 4.78 is 0.767. The fourth-order valence-corrected chi connectivity index (χ4v) is 1.96. The van der Waals surface area contributed by atoms with Crippen LogP contribution in [-0.2, 0) is 0 Å². The van der Waals surface area contributed by atoms with Gasteiger partial charge in [-0.1, -0.05) is 17.7 Å². The second-order valence-corrected chi connectivity index (χ2v) is 4.52. The molecule has 104 valence electrons. The summed E-state index contributed by atoms with van der Waals surface area (Å²) in [5.74, 6) is -1.96. The van der Waals surface area contributed by atoms with Crippen LogP contribution >= 0.6 is 11.6 Å². The molecule has 0 saturated heterocycles. The van der Waals surface area contributed by atoms with E-state index in [1.807, 2.05) is 4.98 Å². The van der Waals surface area contributed by atoms with Crippen LogP contribution in [0.2, 0.25) is 5.02 Å². The molecule has 0 atom stereocenters. The van der Waals surface area contributed by atoms with Crippen LogP contribution in [0.15, 0.2) is 27.8 Å². The Balaban J connectivity index is 2.92. The number of aromatic hydroxyl groups is 1. The maximum atomic E-state index is 11.9. The van der Waals surface area contributed by atoms with Gasteiger partial charge in [0, 0.05) is 5.02 Å². The predicted octanol–water partition coefficient (Wildman–Crippen LogP) is 0.292. The summed E-state index contributed by atoms with van der Waals surface area (Å²) in [5.41, 5.74) is 3.22. The van der Waals surface area contributed by atoms with E-state index in [2.05, 4.69) is 0 Å². The topological polar surface area (TPSA) is 118 Å². The van der Waals surface area contributed by atoms with Crippen LogP contribution in [0.4, 0.5) is 0 Å². The van der Waals surface area contributed by atoms with E-state index in [-0.39, 0.29) is 5.69 Å². The van der Waals surface area contributed by atoms with E-state index in [0.717, 1.165) is 4.57 Å². The number of amides is 1. The van der Waals surface area contributed by atoms with Crippen LogP contribution in [0.1, 0.15) is 15.9 Å². The molecule has 0 bridgehead atoms. The highest BCUT2D eigenvalue weighted by Gasteiger charge is 2.20. The molecule has 1 amide bonds. The van der Waals surface area contributed by atoms with E-state index < -0.39 is 28.6 Å². The molecule has 0 saturated carbocycles. The van der Waals surface area contributed by atoms with Gasteiger partial charge in [0.2, 0.25) is 5.88 Å². The number of aromatic amines is 1. The van der Waals surface area contributed by atoms with Crippen molar-refractivity contribution in [3.63, 3.8) is 0 Å². The van der Waals surface area contributed by atoms with Crippen LogP contribution in [-0.4, -0.2) is 20.6 Å². The number of nitrogens with zero attached hydrogens (tertiary/aromatic N) is 1. The molecule has 0 aliphatic carbocycles. The lowest BCUT2D eigenvalue weighted by Crippen LogP contribution is -2.35. The molecule has 2 rings (SSSR count). The van der Waals surface area contributed by atoms with Gasteiger partial charge in [-0.15, -0.1) is 0 Å². The van der Waals surface area contributed by atoms with Gasteiger partial charge in [-0.3, -0.25) is 14.6 Å². The number of carbonyl (C=O) groups excluding carboxylic acids is 1. The number of hydrogen-bond acceptors (Lipinski definition) is 4. The zero-order valence-corrected chi connectivity index (χ0v) is 11.1. The van der Waals surface area contributed by atoms with Crippen LogP contribution in [0, 0.1) is 6.92 Å². The van der Waals surface area contributed by atoms with E-state index in [1.54, 1.807) is 19.1 Å². The molecule has 0 radical (unpaired) electrons. The minimum atomic E-state index is -1.14. The molecule has 0 spiro atoms. The van der Waals surface area contributed by atoms with Gasteiger partial charge in [0.25, 0.3) is 11.5 Å². The van der Waals surface area contributed by atoms with Crippen molar-refractivity contribution < 1.29 is 9.90 Å². The molecule has 1 aromatic carbocycles. The molecular formula is C12H10ClN3O4. The molecule has 2 aromatic rings. The molecule has 20 heavy (non-hydrogen) atoms. The number of hydrogen-bond donors (Lipinski definition) is 3. The van der Waals surface area contributed by atoms with Crippen LogP contribution in [0.3, 0.4) is 0 Å². The standard InChI is InChI=1S/C12H10ClN3O4/c1-5-2-3-6(13)4-7(5)16-11(19)8(9(14)17)10(18)15-12(16)20/h2-4,19H,1H3,(H2,14,17)(H,15,18,20). The first-order valence-electron chi connectivity index (χ1n) is 5.47. The summed E-state index contributed by atoms with van der Waals surface area (Å²) in [6.07, 6.45) is 0. The first kappa shape index (κ1) is 13.9. The Kier molecular flexibility index (Phi) is 3.37. The third kappa shape index (κ3) is 2.19. The minimum Gasteiger partial charge on any atom is -0.493 e. The Morgan fingerprint density at radius 2 is 2.05 bits per heavy atom. The second kappa shape index (κ2) is 4.86. The van der Waals surface area contributed by atoms with Crippen molar-refractivity contribution in [2.45, 2.75) is 6.92 Å². The third-order valence-corrected chi connectivity index (χ3v) is 2.98. The van der Waals surface area contributed by atoms with E-state index in [1.165, 1.54) is 6.07 Å². The highest BCUT2D eigenvalue weighted by molar-refractivity contribution is 6.30. The Bertz CT molecular complexity index is 822. The zero-order chi connectivity index (χ0) is 15.0. The number of nitrogens with one attached hydrogen (secondary N) is 1. The van der Waals surface area contributed by atoms with Crippen molar-refractivity contribution in [3.05, 3.63) is 55.2 Å². The lowest BCUT2D eigenvalue weighted by molar-refractivity contribution is 0.0995. The number of halogens is 1. The Hall–Kier alpha value is -2.54. The third-order valence-electron chi connectivity index (χ3n) is 2.74. The van der Waals surface area contributed by atoms with Crippen molar-refractivity contribution in [3.8, 4) is 11.6 Å². The van der Waals surface area contributed by atoms with Gasteiger partial charge in [0.05, 0.1) is 5.69 Å². The number of rotatable bonds is 2. The van der Waals surface area contributed by atoms with E-state index >= 15 is 0 Å². The van der Waals surface area contributed by atoms with Crippen LogP contribution in [0.5, 0.6) is 5.88 Å². The fourth-order valence-electron chi connectivity index (χ4n) is 1.79. The van der Waals surface area contributed by atoms with Gasteiger partial charge < -0.3 is 10.8 Å².